The van der Waals surface area contributed by atoms with E-state index in [9.17, 15) is 9.50 Å². The van der Waals surface area contributed by atoms with Gasteiger partial charge in [0.25, 0.3) is 5.89 Å². The third kappa shape index (κ3) is 4.35. The molecule has 0 aliphatic carbocycles. The van der Waals surface area contributed by atoms with Crippen LogP contribution in [0, 0.1) is 23.0 Å². The number of nitriles is 1. The van der Waals surface area contributed by atoms with E-state index in [0.717, 1.165) is 0 Å². The zero-order chi connectivity index (χ0) is 22.8. The molecule has 0 amide bonds. The Morgan fingerprint density at radius 3 is 2.66 bits per heavy atom. The van der Waals surface area contributed by atoms with Gasteiger partial charge in [-0.3, -0.25) is 0 Å². The fourth-order valence-corrected chi connectivity index (χ4v) is 3.30. The highest BCUT2D eigenvalue weighted by Gasteiger charge is 2.20. The summed E-state index contributed by atoms with van der Waals surface area (Å²) in [6.45, 7) is 0. The van der Waals surface area contributed by atoms with E-state index in [0.29, 0.717) is 0 Å². The molecule has 4 rings (SSSR count). The average Bonchev–Trinajstić information content (AvgIpc) is 3.23. The number of halogens is 4. The first kappa shape index (κ1) is 21.6. The maximum absolute atomic E-state index is 15.1. The number of hydrogen-bond donors (Lipinski definition) is 1. The maximum atomic E-state index is 15.1. The van der Waals surface area contributed by atoms with E-state index in [-0.39, 0.29) is 56.4 Å². The van der Waals surface area contributed by atoms with Crippen molar-refractivity contribution in [3.63, 3.8) is 0 Å². The topological polar surface area (TPSA) is 92.2 Å². The van der Waals surface area contributed by atoms with E-state index in [1.54, 1.807) is 0 Å². The third-order valence-electron chi connectivity index (χ3n) is 4.37. The molecule has 32 heavy (non-hydrogen) atoms. The van der Waals surface area contributed by atoms with Crippen molar-refractivity contribution in [1.29, 1.82) is 5.26 Å². The van der Waals surface area contributed by atoms with Crippen LogP contribution in [0.3, 0.4) is 0 Å². The lowest BCUT2D eigenvalue weighted by Gasteiger charge is -2.11. The maximum Gasteiger partial charge on any atom is 0.250 e. The normalized spacial score (nSPS) is 10.7. The van der Waals surface area contributed by atoms with Crippen molar-refractivity contribution < 1.29 is 23.0 Å². The number of hydrogen-bond acceptors (Lipinski definition) is 6. The summed E-state index contributed by atoms with van der Waals surface area (Å²) in [7, 11) is 0. The van der Waals surface area contributed by atoms with Crippen molar-refractivity contribution in [2.45, 2.75) is 6.42 Å². The summed E-state index contributed by atoms with van der Waals surface area (Å²) in [5.74, 6) is -2.55. The zero-order valence-electron chi connectivity index (χ0n) is 15.9. The van der Waals surface area contributed by atoms with Crippen LogP contribution in [0.1, 0.15) is 17.0 Å². The molecule has 0 fully saturated rings. The Balaban J connectivity index is 1.63. The first-order valence-corrected chi connectivity index (χ1v) is 9.77. The van der Waals surface area contributed by atoms with Crippen molar-refractivity contribution >= 4 is 23.2 Å². The summed E-state index contributed by atoms with van der Waals surface area (Å²) in [6, 6.07) is 13.0. The van der Waals surface area contributed by atoms with Crippen LogP contribution in [0.4, 0.5) is 8.78 Å². The van der Waals surface area contributed by atoms with Crippen molar-refractivity contribution in [3.8, 4) is 34.8 Å². The molecule has 0 bridgehead atoms. The minimum atomic E-state index is -0.908. The SMILES string of the molecule is N#Cc1cc(Cl)cc(Oc2c(Cl)ccc(Cc3nnc(-c4cccc(O)c4F)o3)c2F)c1. The molecule has 10 heteroatoms. The summed E-state index contributed by atoms with van der Waals surface area (Å²) < 4.78 is 40.2. The Morgan fingerprint density at radius 1 is 1.06 bits per heavy atom. The summed E-state index contributed by atoms with van der Waals surface area (Å²) in [5.41, 5.74) is 0.273. The van der Waals surface area contributed by atoms with Crippen molar-refractivity contribution in [3.05, 3.63) is 87.2 Å². The molecular formula is C22H11Cl2F2N3O3. The lowest BCUT2D eigenvalue weighted by Crippen LogP contribution is -1.98. The van der Waals surface area contributed by atoms with Gasteiger partial charge in [0.1, 0.15) is 5.75 Å². The minimum absolute atomic E-state index is 0.00205. The van der Waals surface area contributed by atoms with Crippen LogP contribution in [0.15, 0.2) is 52.9 Å². The Kier molecular flexibility index (Phi) is 5.95. The molecule has 0 aliphatic rings. The van der Waals surface area contributed by atoms with Gasteiger partial charge < -0.3 is 14.3 Å². The number of benzene rings is 3. The highest BCUT2D eigenvalue weighted by molar-refractivity contribution is 6.32. The van der Waals surface area contributed by atoms with Gasteiger partial charge in [-0.1, -0.05) is 35.3 Å². The molecule has 1 N–H and O–H groups in total. The molecule has 0 aliphatic heterocycles. The molecule has 0 atom stereocenters. The molecule has 0 unspecified atom stereocenters. The second-order valence-corrected chi connectivity index (χ2v) is 7.40. The molecule has 1 heterocycles. The molecule has 1 aromatic heterocycles. The van der Waals surface area contributed by atoms with Gasteiger partial charge in [0.2, 0.25) is 5.89 Å². The Morgan fingerprint density at radius 2 is 1.88 bits per heavy atom. The Bertz CT molecular complexity index is 1370. The zero-order valence-corrected chi connectivity index (χ0v) is 17.5. The quantitative estimate of drug-likeness (QED) is 0.366. The molecule has 6 nitrogen and oxygen atoms in total. The number of phenolic OH excluding ortho intramolecular Hbond substituents is 1. The van der Waals surface area contributed by atoms with Gasteiger partial charge in [-0.25, -0.2) is 8.78 Å². The second-order valence-electron chi connectivity index (χ2n) is 6.56. The van der Waals surface area contributed by atoms with E-state index in [1.807, 2.05) is 6.07 Å². The minimum Gasteiger partial charge on any atom is -0.505 e. The standard InChI is InChI=1S/C22H11Cl2F2N3O3/c23-13-6-11(10-27)7-14(9-13)31-21-16(24)5-4-12(19(21)25)8-18-28-29-22(32-18)15-2-1-3-17(30)20(15)26/h1-7,9,30H,8H2. The van der Waals surface area contributed by atoms with Crippen LogP contribution in [-0.4, -0.2) is 15.3 Å². The van der Waals surface area contributed by atoms with E-state index in [1.165, 1.54) is 48.5 Å². The van der Waals surface area contributed by atoms with E-state index in [2.05, 4.69) is 10.2 Å². The molecule has 160 valence electrons. The predicted molar refractivity (Wildman–Crippen MR) is 112 cm³/mol. The molecule has 0 radical (unpaired) electrons. The number of rotatable bonds is 5. The molecule has 3 aromatic carbocycles. The molecule has 0 spiro atoms. The number of aromatic nitrogens is 2. The highest BCUT2D eigenvalue weighted by atomic mass is 35.5. The number of phenols is 1. The lowest BCUT2D eigenvalue weighted by atomic mass is 10.1. The first-order chi connectivity index (χ1) is 15.4. The van der Waals surface area contributed by atoms with Crippen molar-refractivity contribution in [1.82, 2.24) is 10.2 Å². The number of ether oxygens (including phenoxy) is 1. The monoisotopic (exact) mass is 473 g/mol. The highest BCUT2D eigenvalue weighted by Crippen LogP contribution is 2.36. The van der Waals surface area contributed by atoms with Gasteiger partial charge in [-0.15, -0.1) is 10.2 Å². The van der Waals surface area contributed by atoms with Gasteiger partial charge in [0.15, 0.2) is 23.1 Å². The van der Waals surface area contributed by atoms with Gasteiger partial charge >= 0.3 is 0 Å². The Hall–Kier alpha value is -3.67. The first-order valence-electron chi connectivity index (χ1n) is 9.01. The summed E-state index contributed by atoms with van der Waals surface area (Å²) in [6.07, 6.45) is -0.133. The summed E-state index contributed by atoms with van der Waals surface area (Å²) >= 11 is 12.1. The smallest absolute Gasteiger partial charge is 0.250 e. The fourth-order valence-electron chi connectivity index (χ4n) is 2.89. The Labute approximate surface area is 190 Å². The van der Waals surface area contributed by atoms with Crippen molar-refractivity contribution in [2.24, 2.45) is 0 Å². The van der Waals surface area contributed by atoms with E-state index < -0.39 is 17.4 Å². The van der Waals surface area contributed by atoms with Crippen LogP contribution in [0.5, 0.6) is 17.2 Å². The largest absolute Gasteiger partial charge is 0.505 e. The molecule has 0 saturated heterocycles. The predicted octanol–water partition coefficient (Wildman–Crippen LogP) is 6.28. The second kappa shape index (κ2) is 8.83. The average molecular weight is 474 g/mol. The fraction of sp³-hybridized carbons (Fsp3) is 0.0455. The molecule has 4 aromatic rings. The lowest BCUT2D eigenvalue weighted by molar-refractivity contribution is 0.430. The van der Waals surface area contributed by atoms with Crippen LogP contribution in [0.25, 0.3) is 11.5 Å². The summed E-state index contributed by atoms with van der Waals surface area (Å²) in [5, 5.41) is 26.4. The van der Waals surface area contributed by atoms with Crippen LogP contribution >= 0.6 is 23.2 Å². The number of aromatic hydroxyl groups is 1. The summed E-state index contributed by atoms with van der Waals surface area (Å²) in [4.78, 5) is 0. The molecule has 0 saturated carbocycles. The van der Waals surface area contributed by atoms with Crippen LogP contribution < -0.4 is 4.74 Å². The van der Waals surface area contributed by atoms with Gasteiger partial charge in [0, 0.05) is 10.6 Å². The van der Waals surface area contributed by atoms with Gasteiger partial charge in [0.05, 0.1) is 28.6 Å². The van der Waals surface area contributed by atoms with Crippen LogP contribution in [0.2, 0.25) is 10.0 Å². The van der Waals surface area contributed by atoms with E-state index >= 15 is 4.39 Å². The van der Waals surface area contributed by atoms with Gasteiger partial charge in [-0.2, -0.15) is 5.26 Å². The third-order valence-corrected chi connectivity index (χ3v) is 4.88. The van der Waals surface area contributed by atoms with Gasteiger partial charge in [-0.05, 0) is 36.4 Å². The van der Waals surface area contributed by atoms with Crippen LogP contribution in [-0.2, 0) is 6.42 Å². The van der Waals surface area contributed by atoms with E-state index in [4.69, 9.17) is 37.6 Å². The van der Waals surface area contributed by atoms with Crippen molar-refractivity contribution in [2.75, 3.05) is 0 Å². The molecular weight excluding hydrogens is 463 g/mol. The number of nitrogens with zero attached hydrogens (tertiary/aromatic N) is 3.